The van der Waals surface area contributed by atoms with E-state index in [9.17, 15) is 9.18 Å². The minimum absolute atomic E-state index is 0. The topological polar surface area (TPSA) is 107 Å². The van der Waals surface area contributed by atoms with Crippen molar-refractivity contribution in [3.63, 3.8) is 0 Å². The van der Waals surface area contributed by atoms with Crippen LogP contribution in [-0.2, 0) is 25.5 Å². The van der Waals surface area contributed by atoms with Crippen molar-refractivity contribution in [1.29, 1.82) is 0 Å². The molecule has 9 aromatic rings. The summed E-state index contributed by atoms with van der Waals surface area (Å²) in [7, 11) is 0. The first-order valence-electron chi connectivity index (χ1n) is 20.4. The molecule has 0 aliphatic carbocycles. The number of halogens is 1. The van der Waals surface area contributed by atoms with Crippen molar-refractivity contribution in [1.82, 2.24) is 24.7 Å². The Labute approximate surface area is 374 Å². The van der Waals surface area contributed by atoms with Crippen molar-refractivity contribution in [3.8, 4) is 39.5 Å². The van der Waals surface area contributed by atoms with Crippen LogP contribution in [0.1, 0.15) is 92.9 Å². The molecule has 0 saturated carbocycles. The van der Waals surface area contributed by atoms with E-state index in [0.29, 0.717) is 17.5 Å². The first-order valence-corrected chi connectivity index (χ1v) is 20.4. The molecule has 0 unspecified atom stereocenters. The van der Waals surface area contributed by atoms with Crippen LogP contribution in [0.3, 0.4) is 0 Å². The van der Waals surface area contributed by atoms with Crippen LogP contribution in [0.2, 0.25) is 0 Å². The van der Waals surface area contributed by atoms with E-state index in [1.165, 1.54) is 22.8 Å². The molecule has 1 radical (unpaired) electrons. The van der Waals surface area contributed by atoms with Gasteiger partial charge in [0.2, 0.25) is 0 Å². The van der Waals surface area contributed by atoms with Gasteiger partial charge in [0.25, 0.3) is 5.97 Å². The fourth-order valence-corrected chi connectivity index (χ4v) is 7.59. The quantitative estimate of drug-likeness (QED) is 0.159. The fourth-order valence-electron chi connectivity index (χ4n) is 7.59. The molecule has 0 bridgehead atoms. The summed E-state index contributed by atoms with van der Waals surface area (Å²) in [5.41, 5.74) is 12.5. The maximum Gasteiger partial charge on any atom is 0.292 e. The van der Waals surface area contributed by atoms with E-state index in [2.05, 4.69) is 154 Å². The summed E-state index contributed by atoms with van der Waals surface area (Å²) in [6, 6.07) is 39.5. The molecule has 0 spiro atoms. The second-order valence-electron chi connectivity index (χ2n) is 17.0. The van der Waals surface area contributed by atoms with Crippen molar-refractivity contribution in [2.24, 2.45) is 0 Å². The Morgan fingerprint density at radius 1 is 0.839 bits per heavy atom. The van der Waals surface area contributed by atoms with Gasteiger partial charge in [-0.15, -0.1) is 35.4 Å². The van der Waals surface area contributed by atoms with Crippen molar-refractivity contribution in [3.05, 3.63) is 161 Å². The van der Waals surface area contributed by atoms with Gasteiger partial charge in [-0.05, 0) is 75.4 Å². The summed E-state index contributed by atoms with van der Waals surface area (Å²) in [4.78, 5) is 20.1. The third kappa shape index (κ3) is 8.45. The molecule has 0 saturated heterocycles. The molecular weight excluding hydrogens is 954 g/mol. The van der Waals surface area contributed by atoms with E-state index in [4.69, 9.17) is 14.5 Å². The molecule has 0 aliphatic rings. The molecule has 0 aliphatic heterocycles. The van der Waals surface area contributed by atoms with Gasteiger partial charge in [-0.25, -0.2) is 0 Å². The zero-order chi connectivity index (χ0) is 43.2. The first-order chi connectivity index (χ1) is 29.2. The van der Waals surface area contributed by atoms with Crippen LogP contribution in [0.4, 0.5) is 4.39 Å². The van der Waals surface area contributed by atoms with Gasteiger partial charge in [0.1, 0.15) is 11.1 Å². The first kappa shape index (κ1) is 43.7. The molecule has 0 amide bonds. The number of pyridine rings is 1. The van der Waals surface area contributed by atoms with Crippen molar-refractivity contribution in [2.75, 3.05) is 0 Å². The molecule has 5 aromatic carbocycles. The monoisotopic (exact) mass is 1000 g/mol. The van der Waals surface area contributed by atoms with Crippen molar-refractivity contribution >= 4 is 39.1 Å². The Bertz CT molecular complexity index is 3050. The van der Waals surface area contributed by atoms with E-state index in [-0.39, 0.29) is 36.6 Å². The Morgan fingerprint density at radius 3 is 2.18 bits per heavy atom. The van der Waals surface area contributed by atoms with Gasteiger partial charge >= 0.3 is 0 Å². The number of hydrogen-bond acceptors (Lipinski definition) is 6. The van der Waals surface area contributed by atoms with Crippen LogP contribution < -0.4 is 0 Å². The number of imidazole rings is 1. The number of benzene rings is 5. The second kappa shape index (κ2) is 17.6. The summed E-state index contributed by atoms with van der Waals surface area (Å²) in [6.45, 7) is 17.2. The molecule has 0 fully saturated rings. The maximum atomic E-state index is 13.9. The third-order valence-electron chi connectivity index (χ3n) is 11.0. The molecule has 4 aromatic heterocycles. The smallest absolute Gasteiger partial charge is 0.292 e. The van der Waals surface area contributed by atoms with E-state index < -0.39 is 11.8 Å². The van der Waals surface area contributed by atoms with E-state index in [1.807, 2.05) is 18.2 Å². The summed E-state index contributed by atoms with van der Waals surface area (Å²) in [5, 5.41) is 19.7. The predicted octanol–water partition coefficient (Wildman–Crippen LogP) is 13.1. The molecule has 62 heavy (non-hydrogen) atoms. The van der Waals surface area contributed by atoms with Crippen LogP contribution >= 0.6 is 0 Å². The van der Waals surface area contributed by atoms with E-state index in [1.54, 1.807) is 18.5 Å². The van der Waals surface area contributed by atoms with Crippen molar-refractivity contribution < 1.29 is 38.8 Å². The summed E-state index contributed by atoms with van der Waals surface area (Å²) >= 11 is 0. The minimum Gasteiger partial charge on any atom is -0.501 e. The summed E-state index contributed by atoms with van der Waals surface area (Å²) in [5.74, 6) is -0.462. The average Bonchev–Trinajstić information content (AvgIpc) is 3.82. The van der Waals surface area contributed by atoms with Crippen molar-refractivity contribution in [2.45, 2.75) is 72.6 Å². The molecule has 8 nitrogen and oxygen atoms in total. The predicted molar refractivity (Wildman–Crippen MR) is 241 cm³/mol. The standard InChI is InChI=1S/C36H31N4O.C16H15FNO2.Ir/c1-21(2)26-8-6-9-27(22(3)4)33(26)40-35(38-31-18-19-37-39-36(31)40)30-11-7-10-29-28-17-16-25(20-32(28)41-34(29)30)24-14-12-23(5)13-15-24;1-16(2,3)11-5-7-14(18-9-11)12-6-4-10(15(19)20)8-13(12)17;/h6-10,12-22H,1-5H3;4-5,7-9H,1-3H3,(H,19,20);/q2*-1;. The number of carbonyl (C=O) groups is 1. The Balaban J connectivity index is 0.000000233. The number of hydrogen-bond donors (Lipinski definition) is 1. The minimum atomic E-state index is -1.18. The molecule has 4 heterocycles. The van der Waals surface area contributed by atoms with Gasteiger partial charge < -0.3 is 19.1 Å². The number of aromatic carboxylic acids is 1. The molecule has 0 atom stereocenters. The third-order valence-corrected chi connectivity index (χ3v) is 11.0. The van der Waals surface area contributed by atoms with Gasteiger partial charge in [0, 0.05) is 43.2 Å². The van der Waals surface area contributed by atoms with E-state index >= 15 is 0 Å². The van der Waals surface area contributed by atoms with Crippen LogP contribution in [0.25, 0.3) is 72.6 Å². The Morgan fingerprint density at radius 2 is 1.55 bits per heavy atom. The Hall–Kier alpha value is -6.35. The SMILES string of the molecule is CC(C)(C)c1ccc(-c2[c-]cc(C(=O)O)cc2F)nc1.Cc1ccc(-c2ccc3c(c2)oc2c(-c4nc5ccnnc5n4-c4c(C(C)C)cccc4C(C)C)[c-]ccc23)cc1.[Ir]. The molecule has 10 heteroatoms. The number of para-hydroxylation sites is 1. The summed E-state index contributed by atoms with van der Waals surface area (Å²) < 4.78 is 22.7. The van der Waals surface area contributed by atoms with Crippen LogP contribution in [-0.4, -0.2) is 35.8 Å². The molecule has 9 rings (SSSR count). The van der Waals surface area contributed by atoms with Gasteiger partial charge in [0.15, 0.2) is 5.65 Å². The van der Waals surface area contributed by atoms with E-state index in [0.717, 1.165) is 72.9 Å². The maximum absolute atomic E-state index is 13.9. The zero-order valence-corrected chi connectivity index (χ0v) is 38.2. The fraction of sp³-hybridized carbons (Fsp3) is 0.212. The van der Waals surface area contributed by atoms with Crippen LogP contribution in [0, 0.1) is 24.9 Å². The molecular formula is C52H46FIrN5O3-2. The number of carboxylic acid groups (broad SMARTS) is 1. The number of aromatic nitrogens is 5. The number of fused-ring (bicyclic) bond motifs is 4. The van der Waals surface area contributed by atoms with Crippen LogP contribution in [0.5, 0.6) is 0 Å². The number of rotatable bonds is 7. The largest absolute Gasteiger partial charge is 0.501 e. The van der Waals surface area contributed by atoms with Gasteiger partial charge in [-0.2, -0.15) is 5.10 Å². The summed E-state index contributed by atoms with van der Waals surface area (Å²) in [6.07, 6.45) is 3.40. The number of furan rings is 1. The number of nitrogens with zero attached hydrogens (tertiary/aromatic N) is 5. The average molecular weight is 1000 g/mol. The zero-order valence-electron chi connectivity index (χ0n) is 35.8. The van der Waals surface area contributed by atoms with Gasteiger partial charge in [-0.1, -0.05) is 143 Å². The number of carboxylic acids is 1. The number of aryl methyl sites for hydroxylation is 1. The van der Waals surface area contributed by atoms with Gasteiger partial charge in [0.05, 0.1) is 17.6 Å². The second-order valence-corrected chi connectivity index (χ2v) is 17.0. The normalized spacial score (nSPS) is 11.6. The van der Waals surface area contributed by atoms with Crippen LogP contribution in [0.15, 0.2) is 120 Å². The molecule has 315 valence electrons. The molecule has 1 N–H and O–H groups in total. The Kier molecular flexibility index (Phi) is 12.4. The van der Waals surface area contributed by atoms with Gasteiger partial charge in [-0.3, -0.25) is 14.2 Å².